The summed E-state index contributed by atoms with van der Waals surface area (Å²) in [6.45, 7) is 4.24. The Balaban J connectivity index is 2.43. The lowest BCUT2D eigenvalue weighted by Crippen LogP contribution is -2.22. The molecule has 1 aromatic rings. The predicted molar refractivity (Wildman–Crippen MR) is 57.4 cm³/mol. The molecule has 1 saturated carbocycles. The summed E-state index contributed by atoms with van der Waals surface area (Å²) in [5.41, 5.74) is 8.48. The second-order valence-electron chi connectivity index (χ2n) is 4.35. The lowest BCUT2D eigenvalue weighted by atomic mass is 10.0. The van der Waals surface area contributed by atoms with Crippen molar-refractivity contribution in [2.75, 3.05) is 7.11 Å². The van der Waals surface area contributed by atoms with Crippen molar-refractivity contribution in [2.24, 2.45) is 11.7 Å². The zero-order valence-corrected chi connectivity index (χ0v) is 9.00. The molecule has 76 valence electrons. The Morgan fingerprint density at radius 3 is 2.64 bits per heavy atom. The van der Waals surface area contributed by atoms with E-state index < -0.39 is 0 Å². The summed E-state index contributed by atoms with van der Waals surface area (Å²) in [4.78, 5) is 0. The topological polar surface area (TPSA) is 35.2 Å². The van der Waals surface area contributed by atoms with E-state index in [9.17, 15) is 0 Å². The third-order valence-corrected chi connectivity index (χ3v) is 3.22. The Labute approximate surface area is 85.1 Å². The highest BCUT2D eigenvalue weighted by atomic mass is 16.5. The molecule has 0 aromatic heterocycles. The lowest BCUT2D eigenvalue weighted by molar-refractivity contribution is 0.402. The second kappa shape index (κ2) is 2.99. The van der Waals surface area contributed by atoms with E-state index in [4.69, 9.17) is 10.5 Å². The first kappa shape index (κ1) is 9.53. The number of benzene rings is 1. The number of rotatable bonds is 2. The summed E-state index contributed by atoms with van der Waals surface area (Å²) in [6, 6.07) is 6.24. The minimum Gasteiger partial charge on any atom is -0.496 e. The molecule has 2 unspecified atom stereocenters. The molecule has 1 aliphatic carbocycles. The summed E-state index contributed by atoms with van der Waals surface area (Å²) < 4.78 is 5.36. The first-order valence-electron chi connectivity index (χ1n) is 5.02. The fraction of sp³-hybridized carbons (Fsp3) is 0.500. The number of ether oxygens (including phenoxy) is 1. The van der Waals surface area contributed by atoms with Crippen LogP contribution in [0.2, 0.25) is 0 Å². The number of aryl methyl sites for hydroxylation is 1. The first-order chi connectivity index (χ1) is 6.58. The van der Waals surface area contributed by atoms with Gasteiger partial charge in [-0.25, -0.2) is 0 Å². The van der Waals surface area contributed by atoms with Gasteiger partial charge in [0.2, 0.25) is 0 Å². The third-order valence-electron chi connectivity index (χ3n) is 3.22. The van der Waals surface area contributed by atoms with Gasteiger partial charge in [-0.15, -0.1) is 0 Å². The summed E-state index contributed by atoms with van der Waals surface area (Å²) >= 11 is 0. The van der Waals surface area contributed by atoms with Crippen molar-refractivity contribution in [2.45, 2.75) is 25.8 Å². The molecule has 0 bridgehead atoms. The van der Waals surface area contributed by atoms with Gasteiger partial charge in [0.15, 0.2) is 0 Å². The van der Waals surface area contributed by atoms with Crippen molar-refractivity contribution in [3.05, 3.63) is 29.3 Å². The molecule has 2 atom stereocenters. The molecule has 2 rings (SSSR count). The Kier molecular flexibility index (Phi) is 2.04. The molecule has 0 heterocycles. The average Bonchev–Trinajstić information content (AvgIpc) is 2.75. The van der Waals surface area contributed by atoms with Crippen LogP contribution < -0.4 is 10.5 Å². The Morgan fingerprint density at radius 2 is 2.14 bits per heavy atom. The lowest BCUT2D eigenvalue weighted by Gasteiger charge is -2.15. The van der Waals surface area contributed by atoms with E-state index in [1.807, 2.05) is 0 Å². The highest BCUT2D eigenvalue weighted by Gasteiger charge is 2.50. The van der Waals surface area contributed by atoms with Crippen LogP contribution in [0, 0.1) is 12.8 Å². The summed E-state index contributed by atoms with van der Waals surface area (Å²) in [5, 5.41) is 0. The van der Waals surface area contributed by atoms with Gasteiger partial charge in [-0.05, 0) is 30.9 Å². The summed E-state index contributed by atoms with van der Waals surface area (Å²) in [7, 11) is 1.70. The molecule has 1 fully saturated rings. The number of hydrogen-bond donors (Lipinski definition) is 1. The van der Waals surface area contributed by atoms with Crippen LogP contribution in [0.25, 0.3) is 0 Å². The van der Waals surface area contributed by atoms with Gasteiger partial charge in [0.05, 0.1) is 7.11 Å². The van der Waals surface area contributed by atoms with Gasteiger partial charge >= 0.3 is 0 Å². The van der Waals surface area contributed by atoms with Crippen molar-refractivity contribution in [3.8, 4) is 5.75 Å². The van der Waals surface area contributed by atoms with Crippen molar-refractivity contribution in [1.82, 2.24) is 0 Å². The Morgan fingerprint density at radius 1 is 1.50 bits per heavy atom. The zero-order chi connectivity index (χ0) is 10.3. The van der Waals surface area contributed by atoms with Crippen molar-refractivity contribution >= 4 is 0 Å². The van der Waals surface area contributed by atoms with Crippen LogP contribution in [0.3, 0.4) is 0 Å². The monoisotopic (exact) mass is 191 g/mol. The normalized spacial score (nSPS) is 30.1. The van der Waals surface area contributed by atoms with E-state index in [1.54, 1.807) is 7.11 Å². The van der Waals surface area contributed by atoms with Gasteiger partial charge in [0.25, 0.3) is 0 Å². The van der Waals surface area contributed by atoms with Gasteiger partial charge in [-0.1, -0.05) is 19.1 Å². The average molecular weight is 191 g/mol. The van der Waals surface area contributed by atoms with Crippen LogP contribution in [0.15, 0.2) is 18.2 Å². The number of hydrogen-bond acceptors (Lipinski definition) is 2. The van der Waals surface area contributed by atoms with Gasteiger partial charge in [-0.3, -0.25) is 0 Å². The highest BCUT2D eigenvalue weighted by molar-refractivity contribution is 5.45. The molecular formula is C12H17NO. The molecule has 0 spiro atoms. The predicted octanol–water partition coefficient (Wildman–Crippen LogP) is 2.20. The maximum Gasteiger partial charge on any atom is 0.124 e. The first-order valence-corrected chi connectivity index (χ1v) is 5.02. The smallest absolute Gasteiger partial charge is 0.124 e. The fourth-order valence-electron chi connectivity index (χ4n) is 2.01. The Bertz CT molecular complexity index is 361. The van der Waals surface area contributed by atoms with Crippen LogP contribution in [0.4, 0.5) is 0 Å². The molecule has 2 N–H and O–H groups in total. The standard InChI is InChI=1S/C12H17NO/c1-8-4-5-10(11(6-8)14-3)12(13)7-9(12)2/h4-6,9H,7,13H2,1-3H3. The van der Waals surface area contributed by atoms with Gasteiger partial charge in [0, 0.05) is 11.1 Å². The molecule has 0 aliphatic heterocycles. The van der Waals surface area contributed by atoms with Crippen LogP contribution in [-0.4, -0.2) is 7.11 Å². The van der Waals surface area contributed by atoms with E-state index >= 15 is 0 Å². The molecule has 0 amide bonds. The fourth-order valence-corrected chi connectivity index (χ4v) is 2.01. The molecule has 2 nitrogen and oxygen atoms in total. The van der Waals surface area contributed by atoms with E-state index in [0.29, 0.717) is 5.92 Å². The molecular weight excluding hydrogens is 174 g/mol. The van der Waals surface area contributed by atoms with Crippen LogP contribution in [0.1, 0.15) is 24.5 Å². The maximum absolute atomic E-state index is 6.26. The van der Waals surface area contributed by atoms with Crippen LogP contribution in [-0.2, 0) is 5.54 Å². The van der Waals surface area contributed by atoms with E-state index in [2.05, 4.69) is 32.0 Å². The van der Waals surface area contributed by atoms with Crippen LogP contribution >= 0.6 is 0 Å². The molecule has 2 heteroatoms. The second-order valence-corrected chi connectivity index (χ2v) is 4.35. The van der Waals surface area contributed by atoms with Crippen molar-refractivity contribution in [1.29, 1.82) is 0 Å². The quantitative estimate of drug-likeness (QED) is 0.777. The van der Waals surface area contributed by atoms with Gasteiger partial charge < -0.3 is 10.5 Å². The summed E-state index contributed by atoms with van der Waals surface area (Å²) in [5.74, 6) is 1.50. The van der Waals surface area contributed by atoms with E-state index in [0.717, 1.165) is 17.7 Å². The van der Waals surface area contributed by atoms with E-state index in [-0.39, 0.29) is 5.54 Å². The van der Waals surface area contributed by atoms with Gasteiger partial charge in [-0.2, -0.15) is 0 Å². The number of methoxy groups -OCH3 is 1. The largest absolute Gasteiger partial charge is 0.496 e. The third kappa shape index (κ3) is 1.30. The molecule has 1 aromatic carbocycles. The maximum atomic E-state index is 6.26. The Hall–Kier alpha value is -1.02. The van der Waals surface area contributed by atoms with Crippen molar-refractivity contribution in [3.63, 3.8) is 0 Å². The highest BCUT2D eigenvalue weighted by Crippen LogP contribution is 2.51. The minimum atomic E-state index is -0.140. The van der Waals surface area contributed by atoms with Gasteiger partial charge in [0.1, 0.15) is 5.75 Å². The minimum absolute atomic E-state index is 0.140. The molecule has 1 aliphatic rings. The van der Waals surface area contributed by atoms with Crippen molar-refractivity contribution < 1.29 is 4.74 Å². The SMILES string of the molecule is COc1cc(C)ccc1C1(N)CC1C. The molecule has 0 radical (unpaired) electrons. The van der Waals surface area contributed by atoms with E-state index in [1.165, 1.54) is 5.56 Å². The molecule has 0 saturated heterocycles. The number of nitrogens with two attached hydrogens (primary N) is 1. The molecule has 14 heavy (non-hydrogen) atoms. The zero-order valence-electron chi connectivity index (χ0n) is 9.00. The summed E-state index contributed by atoms with van der Waals surface area (Å²) in [6.07, 6.45) is 1.06. The van der Waals surface area contributed by atoms with Crippen LogP contribution in [0.5, 0.6) is 5.75 Å².